The molecule has 11 heteroatoms. The lowest BCUT2D eigenvalue weighted by molar-refractivity contribution is -0.137. The molecule has 0 fully saturated rings. The maximum atomic E-state index is 14.8. The van der Waals surface area contributed by atoms with Crippen LogP contribution in [0.2, 0.25) is 0 Å². The Kier molecular flexibility index (Phi) is 12.4. The highest BCUT2D eigenvalue weighted by Gasteiger charge is 2.30. The van der Waals surface area contributed by atoms with Crippen LogP contribution in [-0.2, 0) is 12.7 Å². The molecule has 0 aliphatic carbocycles. The van der Waals surface area contributed by atoms with Crippen LogP contribution in [0.1, 0.15) is 29.7 Å². The third-order valence-corrected chi connectivity index (χ3v) is 5.70. The van der Waals surface area contributed by atoms with Gasteiger partial charge in [0.05, 0.1) is 42.1 Å². The number of guanidine groups is 1. The molecule has 0 unspecified atom stereocenters. The highest BCUT2D eigenvalue weighted by atomic mass is 19.4. The van der Waals surface area contributed by atoms with E-state index in [4.69, 9.17) is 0 Å². The Morgan fingerprint density at radius 1 is 1.02 bits per heavy atom. The van der Waals surface area contributed by atoms with E-state index in [-0.39, 0.29) is 18.1 Å². The van der Waals surface area contributed by atoms with E-state index in [1.165, 1.54) is 24.5 Å². The molecule has 2 aromatic carbocycles. The molecular weight excluding hydrogens is 558 g/mol. The van der Waals surface area contributed by atoms with Crippen LogP contribution in [0, 0.1) is 0 Å². The van der Waals surface area contributed by atoms with Crippen molar-refractivity contribution in [1.82, 2.24) is 15.3 Å². The van der Waals surface area contributed by atoms with Crippen LogP contribution in [0.3, 0.4) is 0 Å². The fourth-order valence-electron chi connectivity index (χ4n) is 3.55. The number of hydrogen-bond donors (Lipinski definition) is 2. The second-order valence-corrected chi connectivity index (χ2v) is 9.38. The lowest BCUT2D eigenvalue weighted by Gasteiger charge is -2.13. The van der Waals surface area contributed by atoms with Crippen LogP contribution in [-0.4, -0.2) is 41.9 Å². The average molecular weight is 592 g/mol. The Bertz CT molecular complexity index is 1470. The SMILES string of the molecule is C=CC=CCC(C/C(F)=C\N=C(N/N=C/c1ccc(Nc2cccc(C(F)(F)F)c2)cn1)N(C)C)=NCc1ccccc1. The zero-order chi connectivity index (χ0) is 31.1. The van der Waals surface area contributed by atoms with Gasteiger partial charge in [0.1, 0.15) is 5.83 Å². The van der Waals surface area contributed by atoms with E-state index in [0.29, 0.717) is 30.1 Å². The van der Waals surface area contributed by atoms with Gasteiger partial charge < -0.3 is 10.2 Å². The first-order valence-corrected chi connectivity index (χ1v) is 13.3. The molecule has 0 amide bonds. The zero-order valence-corrected chi connectivity index (χ0v) is 23.9. The summed E-state index contributed by atoms with van der Waals surface area (Å²) in [5.41, 5.74) is 4.99. The van der Waals surface area contributed by atoms with Crippen molar-refractivity contribution in [1.29, 1.82) is 0 Å². The first kappa shape index (κ1) is 32.5. The molecule has 0 spiro atoms. The van der Waals surface area contributed by atoms with Crippen molar-refractivity contribution >= 4 is 29.3 Å². The van der Waals surface area contributed by atoms with E-state index in [2.05, 4.69) is 37.4 Å². The van der Waals surface area contributed by atoms with E-state index in [0.717, 1.165) is 23.9 Å². The minimum atomic E-state index is -4.43. The number of hydrogen-bond acceptors (Lipinski definition) is 5. The van der Waals surface area contributed by atoms with Gasteiger partial charge in [0.25, 0.3) is 0 Å². The van der Waals surface area contributed by atoms with Gasteiger partial charge in [-0.15, -0.1) is 0 Å². The summed E-state index contributed by atoms with van der Waals surface area (Å²) in [7, 11) is 3.46. The van der Waals surface area contributed by atoms with Crippen molar-refractivity contribution in [2.24, 2.45) is 15.1 Å². The lowest BCUT2D eigenvalue weighted by Crippen LogP contribution is -2.33. The number of aromatic nitrogens is 1. The first-order chi connectivity index (χ1) is 20.6. The smallest absolute Gasteiger partial charge is 0.354 e. The minimum absolute atomic E-state index is 0.00654. The van der Waals surface area contributed by atoms with E-state index in [1.54, 1.807) is 43.3 Å². The summed E-state index contributed by atoms with van der Waals surface area (Å²) in [6.45, 7) is 4.11. The van der Waals surface area contributed by atoms with E-state index >= 15 is 0 Å². The molecule has 0 saturated carbocycles. The van der Waals surface area contributed by atoms with Crippen molar-refractivity contribution in [3.63, 3.8) is 0 Å². The van der Waals surface area contributed by atoms with Gasteiger partial charge in [-0.25, -0.2) is 14.8 Å². The summed E-state index contributed by atoms with van der Waals surface area (Å²) >= 11 is 0. The quantitative estimate of drug-likeness (QED) is 0.0746. The van der Waals surface area contributed by atoms with Crippen LogP contribution < -0.4 is 10.7 Å². The third kappa shape index (κ3) is 11.8. The Morgan fingerprint density at radius 2 is 1.81 bits per heavy atom. The number of pyridine rings is 1. The number of halogens is 4. The maximum Gasteiger partial charge on any atom is 0.416 e. The van der Waals surface area contributed by atoms with Gasteiger partial charge in [-0.05, 0) is 35.9 Å². The number of alkyl halides is 3. The predicted octanol–water partition coefficient (Wildman–Crippen LogP) is 7.66. The van der Waals surface area contributed by atoms with Gasteiger partial charge in [0.2, 0.25) is 5.96 Å². The van der Waals surface area contributed by atoms with Crippen LogP contribution in [0.15, 0.2) is 125 Å². The molecule has 0 bridgehead atoms. The number of benzene rings is 2. The fourth-order valence-corrected chi connectivity index (χ4v) is 3.55. The average Bonchev–Trinajstić information content (AvgIpc) is 2.98. The van der Waals surface area contributed by atoms with Crippen LogP contribution >= 0.6 is 0 Å². The number of rotatable bonds is 12. The molecule has 2 N–H and O–H groups in total. The molecule has 3 aromatic rings. The molecule has 1 aromatic heterocycles. The van der Waals surface area contributed by atoms with Crippen LogP contribution in [0.4, 0.5) is 28.9 Å². The molecule has 0 saturated heterocycles. The Morgan fingerprint density at radius 3 is 2.49 bits per heavy atom. The predicted molar refractivity (Wildman–Crippen MR) is 166 cm³/mol. The number of anilines is 2. The van der Waals surface area contributed by atoms with Gasteiger partial charge in [-0.2, -0.15) is 18.3 Å². The molecule has 1 heterocycles. The molecule has 0 aliphatic rings. The molecule has 7 nitrogen and oxygen atoms in total. The molecule has 0 atom stereocenters. The second-order valence-electron chi connectivity index (χ2n) is 9.38. The standard InChI is InChI=1S/C32H33F4N7/c1-4-5-7-14-27(37-20-24-11-8-6-9-12-24)19-26(33)21-39-31(43(2)3)42-40-23-29-16-17-30(22-38-29)41-28-15-10-13-25(18-28)32(34,35)36/h4-13,15-18,21-23,41H,1,14,19-20H2,2-3H3,(H,39,42)/b7-5?,26-21+,37-27?,40-23+. The summed E-state index contributed by atoms with van der Waals surface area (Å²) in [5, 5.41) is 7.01. The number of nitrogens with one attached hydrogen (secondary N) is 2. The van der Waals surface area contributed by atoms with Gasteiger partial charge in [0.15, 0.2) is 0 Å². The van der Waals surface area contributed by atoms with Crippen molar-refractivity contribution in [2.75, 3.05) is 19.4 Å². The highest BCUT2D eigenvalue weighted by molar-refractivity contribution is 5.88. The second kappa shape index (κ2) is 16.4. The van der Waals surface area contributed by atoms with Gasteiger partial charge in [-0.1, -0.05) is 61.2 Å². The van der Waals surface area contributed by atoms with Crippen molar-refractivity contribution in [3.05, 3.63) is 127 Å². The molecule has 0 radical (unpaired) electrons. The largest absolute Gasteiger partial charge is 0.416 e. The molecule has 43 heavy (non-hydrogen) atoms. The van der Waals surface area contributed by atoms with Crippen LogP contribution in [0.5, 0.6) is 0 Å². The minimum Gasteiger partial charge on any atom is -0.354 e. The Labute approximate surface area is 248 Å². The van der Waals surface area contributed by atoms with Gasteiger partial charge >= 0.3 is 6.18 Å². The molecule has 0 aliphatic heterocycles. The summed E-state index contributed by atoms with van der Waals surface area (Å²) in [5.74, 6) is -0.182. The summed E-state index contributed by atoms with van der Waals surface area (Å²) < 4.78 is 53.7. The zero-order valence-electron chi connectivity index (χ0n) is 23.9. The lowest BCUT2D eigenvalue weighted by atomic mass is 10.1. The van der Waals surface area contributed by atoms with E-state index in [1.807, 2.05) is 36.4 Å². The Balaban J connectivity index is 1.62. The highest BCUT2D eigenvalue weighted by Crippen LogP contribution is 2.31. The van der Waals surface area contributed by atoms with Gasteiger partial charge in [-0.3, -0.25) is 9.98 Å². The van der Waals surface area contributed by atoms with E-state index in [9.17, 15) is 17.6 Å². The summed E-state index contributed by atoms with van der Waals surface area (Å²) in [6.07, 6.45) is 5.41. The van der Waals surface area contributed by atoms with Crippen molar-refractivity contribution in [2.45, 2.75) is 25.6 Å². The number of aliphatic imine (C=N–C) groups is 2. The normalized spacial score (nSPS) is 13.0. The van der Waals surface area contributed by atoms with E-state index < -0.39 is 17.6 Å². The molecule has 224 valence electrons. The molecule has 3 rings (SSSR count). The number of nitrogens with zero attached hydrogens (tertiary/aromatic N) is 5. The summed E-state index contributed by atoms with van der Waals surface area (Å²) in [4.78, 5) is 14.7. The van der Waals surface area contributed by atoms with Crippen molar-refractivity contribution in [3.8, 4) is 0 Å². The third-order valence-electron chi connectivity index (χ3n) is 5.70. The van der Waals surface area contributed by atoms with Crippen LogP contribution in [0.25, 0.3) is 0 Å². The summed E-state index contributed by atoms with van der Waals surface area (Å²) in [6, 6.07) is 17.9. The number of hydrazone groups is 1. The number of allylic oxidation sites excluding steroid dienone is 4. The molecular formula is C32H33F4N7. The maximum absolute atomic E-state index is 14.8. The van der Waals surface area contributed by atoms with Crippen molar-refractivity contribution < 1.29 is 17.6 Å². The Hall–Kier alpha value is -5.06. The first-order valence-electron chi connectivity index (χ1n) is 13.3. The topological polar surface area (TPSA) is 77.3 Å². The fraction of sp³-hybridized carbons (Fsp3) is 0.188. The van der Waals surface area contributed by atoms with Gasteiger partial charge in [0, 0.05) is 38.3 Å². The monoisotopic (exact) mass is 591 g/mol.